The topological polar surface area (TPSA) is 29.5 Å². The monoisotopic (exact) mass is 352 g/mol. The highest BCUT2D eigenvalue weighted by atomic mass is 79.9. The molecule has 21 heavy (non-hydrogen) atoms. The summed E-state index contributed by atoms with van der Waals surface area (Å²) in [7, 11) is 0. The Morgan fingerprint density at radius 2 is 2.05 bits per heavy atom. The zero-order valence-electron chi connectivity index (χ0n) is 12.8. The molecule has 116 valence electrons. The van der Waals surface area contributed by atoms with Gasteiger partial charge >= 0.3 is 0 Å². The summed E-state index contributed by atoms with van der Waals surface area (Å²) in [5, 5.41) is 10.6. The van der Waals surface area contributed by atoms with Crippen molar-refractivity contribution in [2.24, 2.45) is 11.8 Å². The molecule has 0 aromatic heterocycles. The molecule has 1 aliphatic heterocycles. The van der Waals surface area contributed by atoms with Crippen molar-refractivity contribution in [1.29, 1.82) is 0 Å². The van der Waals surface area contributed by atoms with Crippen LogP contribution in [0.1, 0.15) is 50.2 Å². The van der Waals surface area contributed by atoms with Gasteiger partial charge in [-0.2, -0.15) is 0 Å². The molecule has 1 atom stereocenters. The second-order valence-electron chi connectivity index (χ2n) is 6.61. The average Bonchev–Trinajstić information content (AvgIpc) is 2.95. The Balaban J connectivity index is 1.67. The Hall–Kier alpha value is -0.540. The molecule has 2 nitrogen and oxygen atoms in total. The SMILES string of the molecule is CCC1CCC(C(O)Cc2cc(Br)cc3c2OCC3)CC1. The first-order valence-corrected chi connectivity index (χ1v) is 9.08. The quantitative estimate of drug-likeness (QED) is 0.863. The van der Waals surface area contributed by atoms with E-state index in [1.165, 1.54) is 43.2 Å². The van der Waals surface area contributed by atoms with Gasteiger partial charge in [0.15, 0.2) is 0 Å². The van der Waals surface area contributed by atoms with Crippen molar-refractivity contribution in [3.05, 3.63) is 27.7 Å². The molecule has 3 heteroatoms. The zero-order valence-corrected chi connectivity index (χ0v) is 14.4. The number of hydrogen-bond donors (Lipinski definition) is 1. The van der Waals surface area contributed by atoms with Gasteiger partial charge < -0.3 is 9.84 Å². The van der Waals surface area contributed by atoms with Crippen LogP contribution in [0.3, 0.4) is 0 Å². The maximum Gasteiger partial charge on any atom is 0.125 e. The molecule has 1 aromatic rings. The molecule has 0 amide bonds. The van der Waals surface area contributed by atoms with Crippen LogP contribution in [0, 0.1) is 11.8 Å². The normalized spacial score (nSPS) is 26.2. The molecule has 1 unspecified atom stereocenters. The lowest BCUT2D eigenvalue weighted by atomic mass is 9.77. The number of rotatable bonds is 4. The van der Waals surface area contributed by atoms with Crippen LogP contribution in [0.25, 0.3) is 0 Å². The summed E-state index contributed by atoms with van der Waals surface area (Å²) < 4.78 is 6.88. The summed E-state index contributed by atoms with van der Waals surface area (Å²) >= 11 is 3.58. The van der Waals surface area contributed by atoms with E-state index in [0.717, 1.165) is 35.6 Å². The van der Waals surface area contributed by atoms with E-state index in [-0.39, 0.29) is 6.10 Å². The minimum atomic E-state index is -0.231. The molecule has 1 aliphatic carbocycles. The first-order chi connectivity index (χ1) is 10.2. The Bertz CT molecular complexity index is 492. The largest absolute Gasteiger partial charge is 0.493 e. The lowest BCUT2D eigenvalue weighted by molar-refractivity contribution is 0.0730. The van der Waals surface area contributed by atoms with Gasteiger partial charge in [-0.15, -0.1) is 0 Å². The fourth-order valence-corrected chi connectivity index (χ4v) is 4.42. The maximum atomic E-state index is 10.6. The molecule has 1 aromatic carbocycles. The number of benzene rings is 1. The summed E-state index contributed by atoms with van der Waals surface area (Å²) in [5.41, 5.74) is 2.45. The van der Waals surface area contributed by atoms with E-state index in [1.807, 2.05) is 0 Å². The van der Waals surface area contributed by atoms with Crippen LogP contribution in [0.5, 0.6) is 5.75 Å². The smallest absolute Gasteiger partial charge is 0.125 e. The third-order valence-electron chi connectivity index (χ3n) is 5.27. The number of halogens is 1. The van der Waals surface area contributed by atoms with Crippen molar-refractivity contribution in [2.45, 2.75) is 58.0 Å². The second kappa shape index (κ2) is 6.70. The van der Waals surface area contributed by atoms with Crippen molar-refractivity contribution in [3.63, 3.8) is 0 Å². The Labute approximate surface area is 136 Å². The molecule has 1 saturated carbocycles. The first-order valence-electron chi connectivity index (χ1n) is 8.29. The standard InChI is InChI=1S/C18H25BrO2/c1-2-12-3-5-13(6-4-12)17(20)11-15-10-16(19)9-14-7-8-21-18(14)15/h9-10,12-13,17,20H,2-8,11H2,1H3. The minimum absolute atomic E-state index is 0.231. The van der Waals surface area contributed by atoms with Gasteiger partial charge in [0.25, 0.3) is 0 Å². The van der Waals surface area contributed by atoms with Crippen LogP contribution in [-0.2, 0) is 12.8 Å². The number of hydrogen-bond acceptors (Lipinski definition) is 2. The van der Waals surface area contributed by atoms with E-state index < -0.39 is 0 Å². The van der Waals surface area contributed by atoms with Gasteiger partial charge in [-0.1, -0.05) is 42.1 Å². The van der Waals surface area contributed by atoms with Gasteiger partial charge in [-0.25, -0.2) is 0 Å². The van der Waals surface area contributed by atoms with Crippen molar-refractivity contribution in [2.75, 3.05) is 6.61 Å². The van der Waals surface area contributed by atoms with Gasteiger partial charge in [-0.05, 0) is 47.9 Å². The Morgan fingerprint density at radius 3 is 2.76 bits per heavy atom. The highest BCUT2D eigenvalue weighted by Gasteiger charge is 2.27. The van der Waals surface area contributed by atoms with Crippen molar-refractivity contribution in [1.82, 2.24) is 0 Å². The first kappa shape index (κ1) is 15.4. The van der Waals surface area contributed by atoms with E-state index >= 15 is 0 Å². The summed E-state index contributed by atoms with van der Waals surface area (Å²) in [6, 6.07) is 4.26. The molecule has 3 rings (SSSR count). The van der Waals surface area contributed by atoms with Crippen LogP contribution >= 0.6 is 15.9 Å². The summed E-state index contributed by atoms with van der Waals surface area (Å²) in [6.07, 6.45) is 7.69. The number of aliphatic hydroxyl groups is 1. The highest BCUT2D eigenvalue weighted by Crippen LogP contribution is 2.37. The lowest BCUT2D eigenvalue weighted by Crippen LogP contribution is -2.27. The van der Waals surface area contributed by atoms with Gasteiger partial charge in [0.2, 0.25) is 0 Å². The van der Waals surface area contributed by atoms with Gasteiger partial charge in [0, 0.05) is 17.3 Å². The molecule has 1 N–H and O–H groups in total. The van der Waals surface area contributed by atoms with E-state index in [0.29, 0.717) is 5.92 Å². The van der Waals surface area contributed by atoms with Gasteiger partial charge in [0.1, 0.15) is 5.75 Å². The van der Waals surface area contributed by atoms with Crippen LogP contribution in [-0.4, -0.2) is 17.8 Å². The predicted octanol–water partition coefficient (Wildman–Crippen LogP) is 4.50. The summed E-state index contributed by atoms with van der Waals surface area (Å²) in [6.45, 7) is 3.06. The third-order valence-corrected chi connectivity index (χ3v) is 5.73. The maximum absolute atomic E-state index is 10.6. The van der Waals surface area contributed by atoms with Gasteiger partial charge in [0.05, 0.1) is 12.7 Å². The van der Waals surface area contributed by atoms with Crippen molar-refractivity contribution in [3.8, 4) is 5.75 Å². The van der Waals surface area contributed by atoms with Crippen molar-refractivity contribution < 1.29 is 9.84 Å². The van der Waals surface area contributed by atoms with Gasteiger partial charge in [-0.3, -0.25) is 0 Å². The molecule has 0 radical (unpaired) electrons. The predicted molar refractivity (Wildman–Crippen MR) is 88.8 cm³/mol. The number of fused-ring (bicyclic) bond motifs is 1. The van der Waals surface area contributed by atoms with Crippen molar-refractivity contribution >= 4 is 15.9 Å². The fourth-order valence-electron chi connectivity index (χ4n) is 3.87. The average molecular weight is 353 g/mol. The molecule has 1 fully saturated rings. The molecule has 0 spiro atoms. The minimum Gasteiger partial charge on any atom is -0.493 e. The van der Waals surface area contributed by atoms with E-state index in [9.17, 15) is 5.11 Å². The van der Waals surface area contributed by atoms with E-state index in [2.05, 4.69) is 35.0 Å². The number of ether oxygens (including phenoxy) is 1. The molecular formula is C18H25BrO2. The third kappa shape index (κ3) is 3.45. The lowest BCUT2D eigenvalue weighted by Gasteiger charge is -2.31. The van der Waals surface area contributed by atoms with E-state index in [4.69, 9.17) is 4.74 Å². The number of aliphatic hydroxyl groups excluding tert-OH is 1. The Morgan fingerprint density at radius 1 is 1.29 bits per heavy atom. The second-order valence-corrected chi connectivity index (χ2v) is 7.53. The van der Waals surface area contributed by atoms with E-state index in [1.54, 1.807) is 0 Å². The molecule has 2 aliphatic rings. The van der Waals surface area contributed by atoms with Crippen LogP contribution in [0.4, 0.5) is 0 Å². The van der Waals surface area contributed by atoms with Crippen LogP contribution < -0.4 is 4.74 Å². The van der Waals surface area contributed by atoms with Crippen LogP contribution in [0.15, 0.2) is 16.6 Å². The molecular weight excluding hydrogens is 328 g/mol. The zero-order chi connectivity index (χ0) is 14.8. The van der Waals surface area contributed by atoms with Crippen LogP contribution in [0.2, 0.25) is 0 Å². The summed E-state index contributed by atoms with van der Waals surface area (Å²) in [4.78, 5) is 0. The molecule has 1 heterocycles. The molecule has 0 saturated heterocycles. The molecule has 0 bridgehead atoms. The Kier molecular flexibility index (Phi) is 4.90. The fraction of sp³-hybridized carbons (Fsp3) is 0.667. The highest BCUT2D eigenvalue weighted by molar-refractivity contribution is 9.10. The summed E-state index contributed by atoms with van der Waals surface area (Å²) in [5.74, 6) is 2.37.